The van der Waals surface area contributed by atoms with Gasteiger partial charge in [-0.1, -0.05) is 0 Å². The Morgan fingerprint density at radius 2 is 2.07 bits per heavy atom. The zero-order valence-corrected chi connectivity index (χ0v) is 16.9. The van der Waals surface area contributed by atoms with Gasteiger partial charge in [-0.15, -0.1) is 0 Å². The van der Waals surface area contributed by atoms with E-state index in [1.807, 2.05) is 34.8 Å². The molecule has 2 aromatic heterocycles. The monoisotopic (exact) mass is 398 g/mol. The number of aryl methyl sites for hydroxylation is 2. The third kappa shape index (κ3) is 2.78. The molecule has 2 unspecified atom stereocenters. The molecule has 9 nitrogen and oxygen atoms in total. The van der Waals surface area contributed by atoms with Crippen LogP contribution in [-0.4, -0.2) is 73.6 Å². The first kappa shape index (κ1) is 18.4. The van der Waals surface area contributed by atoms with Crippen LogP contribution in [-0.2, 0) is 35.6 Å². The van der Waals surface area contributed by atoms with Crippen LogP contribution < -0.4 is 0 Å². The quantitative estimate of drug-likeness (QED) is 0.727. The summed E-state index contributed by atoms with van der Waals surface area (Å²) in [5.41, 5.74) is 1.90. The van der Waals surface area contributed by atoms with E-state index in [-0.39, 0.29) is 17.7 Å². The summed E-state index contributed by atoms with van der Waals surface area (Å²) in [4.78, 5) is 39.2. The van der Waals surface area contributed by atoms with Crippen molar-refractivity contribution < 1.29 is 14.3 Å². The lowest BCUT2D eigenvalue weighted by atomic mass is 9.85. The molecule has 5 heterocycles. The maximum atomic E-state index is 13.4. The molecule has 0 radical (unpaired) electrons. The second kappa shape index (κ2) is 6.69. The topological polar surface area (TPSA) is 85.5 Å². The summed E-state index contributed by atoms with van der Waals surface area (Å²) >= 11 is 0. The molecule has 2 saturated heterocycles. The molecular weight excluding hydrogens is 372 g/mol. The average Bonchev–Trinajstić information content (AvgIpc) is 3.49. The molecule has 3 aliphatic rings. The van der Waals surface area contributed by atoms with Gasteiger partial charge in [-0.25, -0.2) is 9.97 Å². The molecule has 9 heteroatoms. The molecule has 2 atom stereocenters. The van der Waals surface area contributed by atoms with Gasteiger partial charge >= 0.3 is 0 Å². The van der Waals surface area contributed by atoms with E-state index in [0.29, 0.717) is 45.0 Å². The van der Waals surface area contributed by atoms with Gasteiger partial charge in [0, 0.05) is 58.6 Å². The smallest absolute Gasteiger partial charge is 0.274 e. The average molecular weight is 398 g/mol. The van der Waals surface area contributed by atoms with Crippen LogP contribution >= 0.6 is 0 Å². The summed E-state index contributed by atoms with van der Waals surface area (Å²) in [5, 5.41) is 0. The Labute approximate surface area is 169 Å². The normalized spacial score (nSPS) is 26.3. The Morgan fingerprint density at radius 1 is 1.21 bits per heavy atom. The van der Waals surface area contributed by atoms with Crippen LogP contribution in [0.15, 0.2) is 18.9 Å². The highest BCUT2D eigenvalue weighted by atomic mass is 16.5. The van der Waals surface area contributed by atoms with Crippen molar-refractivity contribution in [3.8, 4) is 0 Å². The van der Waals surface area contributed by atoms with Crippen molar-refractivity contribution in [3.63, 3.8) is 0 Å². The van der Waals surface area contributed by atoms with Gasteiger partial charge in [-0.3, -0.25) is 9.59 Å². The highest BCUT2D eigenvalue weighted by Gasteiger charge is 2.53. The second-order valence-corrected chi connectivity index (χ2v) is 8.38. The lowest BCUT2D eigenvalue weighted by molar-refractivity contribution is -0.135. The fourth-order valence-corrected chi connectivity index (χ4v) is 5.04. The lowest BCUT2D eigenvalue weighted by Crippen LogP contribution is -2.55. The zero-order chi connectivity index (χ0) is 20.2. The summed E-state index contributed by atoms with van der Waals surface area (Å²) in [7, 11) is 3.84. The van der Waals surface area contributed by atoms with E-state index >= 15 is 0 Å². The van der Waals surface area contributed by atoms with E-state index in [2.05, 4.69) is 4.98 Å². The summed E-state index contributed by atoms with van der Waals surface area (Å²) in [6, 6.07) is 0. The van der Waals surface area contributed by atoms with Crippen LogP contribution in [0.3, 0.4) is 0 Å². The van der Waals surface area contributed by atoms with Crippen molar-refractivity contribution in [2.24, 2.45) is 20.0 Å². The second-order valence-electron chi connectivity index (χ2n) is 8.38. The van der Waals surface area contributed by atoms with Gasteiger partial charge in [0.1, 0.15) is 11.2 Å². The molecule has 0 aromatic carbocycles. The predicted octanol–water partition coefficient (Wildman–Crippen LogP) is 0.316. The Hall–Kier alpha value is -2.68. The Morgan fingerprint density at radius 3 is 2.79 bits per heavy atom. The molecule has 3 aliphatic heterocycles. The van der Waals surface area contributed by atoms with E-state index in [0.717, 1.165) is 24.2 Å². The third-order valence-electron chi connectivity index (χ3n) is 6.60. The molecule has 0 aliphatic carbocycles. The predicted molar refractivity (Wildman–Crippen MR) is 103 cm³/mol. The summed E-state index contributed by atoms with van der Waals surface area (Å²) in [6.07, 6.45) is 7.41. The van der Waals surface area contributed by atoms with Gasteiger partial charge in [-0.05, 0) is 12.8 Å². The zero-order valence-electron chi connectivity index (χ0n) is 16.9. The molecule has 2 fully saturated rings. The molecule has 2 amide bonds. The first-order chi connectivity index (χ1) is 14.0. The molecular formula is C20H26N6O3. The van der Waals surface area contributed by atoms with Crippen LogP contribution in [0.4, 0.5) is 0 Å². The minimum absolute atomic E-state index is 0.0723. The van der Waals surface area contributed by atoms with E-state index in [4.69, 9.17) is 9.72 Å². The molecule has 1 spiro atoms. The van der Waals surface area contributed by atoms with Crippen LogP contribution in [0, 0.1) is 5.92 Å². The molecule has 2 aromatic rings. The standard InChI is InChI=1S/C20H26N6O3/c1-23-9-15(21-12-23)19(28)26-6-3-16-17(22-13-24(16)2)20(26)5-7-25(11-20)18(27)14-4-8-29-10-14/h9,12-14H,3-8,10-11H2,1-2H3. The Kier molecular flexibility index (Phi) is 4.23. The fourth-order valence-electron chi connectivity index (χ4n) is 5.04. The number of nitrogens with zero attached hydrogens (tertiary/aromatic N) is 6. The van der Waals surface area contributed by atoms with Crippen molar-refractivity contribution in [2.75, 3.05) is 32.8 Å². The van der Waals surface area contributed by atoms with Gasteiger partial charge in [0.15, 0.2) is 0 Å². The number of hydrogen-bond acceptors (Lipinski definition) is 5. The highest BCUT2D eigenvalue weighted by Crippen LogP contribution is 2.43. The molecule has 29 heavy (non-hydrogen) atoms. The van der Waals surface area contributed by atoms with Crippen LogP contribution in [0.2, 0.25) is 0 Å². The van der Waals surface area contributed by atoms with Gasteiger partial charge < -0.3 is 23.7 Å². The maximum absolute atomic E-state index is 13.4. The van der Waals surface area contributed by atoms with Crippen LogP contribution in [0.5, 0.6) is 0 Å². The number of fused-ring (bicyclic) bond motifs is 2. The lowest BCUT2D eigenvalue weighted by Gasteiger charge is -2.43. The number of rotatable bonds is 2. The van der Waals surface area contributed by atoms with Gasteiger partial charge in [-0.2, -0.15) is 0 Å². The van der Waals surface area contributed by atoms with Crippen molar-refractivity contribution in [1.29, 1.82) is 0 Å². The number of likely N-dealkylation sites (tertiary alicyclic amines) is 1. The number of ether oxygens (including phenoxy) is 1. The molecule has 154 valence electrons. The Bertz CT molecular complexity index is 959. The molecule has 0 saturated carbocycles. The molecule has 5 rings (SSSR count). The van der Waals surface area contributed by atoms with Crippen molar-refractivity contribution in [1.82, 2.24) is 28.9 Å². The number of carbonyl (C=O) groups excluding carboxylic acids is 2. The van der Waals surface area contributed by atoms with E-state index < -0.39 is 5.54 Å². The fraction of sp³-hybridized carbons (Fsp3) is 0.600. The number of amides is 2. The third-order valence-corrected chi connectivity index (χ3v) is 6.60. The van der Waals surface area contributed by atoms with E-state index in [9.17, 15) is 9.59 Å². The van der Waals surface area contributed by atoms with Gasteiger partial charge in [0.25, 0.3) is 5.91 Å². The minimum atomic E-state index is -0.599. The Balaban J connectivity index is 1.51. The SMILES string of the molecule is Cn1cnc(C(=O)N2CCc3c(ncn3C)C23CCN(C(=O)C2CCOC2)C3)c1. The van der Waals surface area contributed by atoms with Gasteiger partial charge in [0.2, 0.25) is 5.91 Å². The molecule has 0 N–H and O–H groups in total. The summed E-state index contributed by atoms with van der Waals surface area (Å²) in [5.74, 6) is -0.0371. The largest absolute Gasteiger partial charge is 0.381 e. The number of aromatic nitrogens is 4. The van der Waals surface area contributed by atoms with E-state index in [1.165, 1.54) is 0 Å². The number of hydrogen-bond donors (Lipinski definition) is 0. The van der Waals surface area contributed by atoms with Crippen molar-refractivity contribution in [2.45, 2.75) is 24.8 Å². The van der Waals surface area contributed by atoms with Gasteiger partial charge in [0.05, 0.1) is 30.9 Å². The summed E-state index contributed by atoms with van der Waals surface area (Å²) in [6.45, 7) is 2.83. The number of carbonyl (C=O) groups is 2. The molecule has 0 bridgehead atoms. The van der Waals surface area contributed by atoms with Crippen molar-refractivity contribution in [3.05, 3.63) is 35.9 Å². The maximum Gasteiger partial charge on any atom is 0.274 e. The highest BCUT2D eigenvalue weighted by molar-refractivity contribution is 5.93. The number of imidazole rings is 2. The minimum Gasteiger partial charge on any atom is -0.381 e. The van der Waals surface area contributed by atoms with Crippen LogP contribution in [0.25, 0.3) is 0 Å². The van der Waals surface area contributed by atoms with Crippen LogP contribution in [0.1, 0.15) is 34.7 Å². The first-order valence-electron chi connectivity index (χ1n) is 10.2. The first-order valence-corrected chi connectivity index (χ1v) is 10.2. The summed E-state index contributed by atoms with van der Waals surface area (Å²) < 4.78 is 9.23. The van der Waals surface area contributed by atoms with Crippen molar-refractivity contribution >= 4 is 11.8 Å². The van der Waals surface area contributed by atoms with E-state index in [1.54, 1.807) is 17.1 Å².